The van der Waals surface area contributed by atoms with Crippen molar-refractivity contribution in [2.24, 2.45) is 11.8 Å². The molecule has 1 spiro atoms. The minimum Gasteiger partial charge on any atom is -0.486 e. The molecule has 1 N–H and O–H groups in total. The Morgan fingerprint density at radius 3 is 2.89 bits per heavy atom. The van der Waals surface area contributed by atoms with Gasteiger partial charge >= 0.3 is 0 Å². The molecule has 1 aliphatic heterocycles. The zero-order valence-corrected chi connectivity index (χ0v) is 10.9. The Labute approximate surface area is 108 Å². The maximum absolute atomic E-state index is 10.5. The summed E-state index contributed by atoms with van der Waals surface area (Å²) in [5, 5.41) is 10.5. The van der Waals surface area contributed by atoms with Crippen LogP contribution in [0.5, 0.6) is 5.75 Å². The van der Waals surface area contributed by atoms with E-state index in [9.17, 15) is 5.11 Å². The van der Waals surface area contributed by atoms with Crippen molar-refractivity contribution in [3.63, 3.8) is 0 Å². The summed E-state index contributed by atoms with van der Waals surface area (Å²) in [6.07, 6.45) is 5.58. The predicted molar refractivity (Wildman–Crippen MR) is 69.6 cm³/mol. The van der Waals surface area contributed by atoms with Gasteiger partial charge in [0.15, 0.2) is 0 Å². The Kier molecular flexibility index (Phi) is 2.12. The smallest absolute Gasteiger partial charge is 0.125 e. The SMILES string of the molecule is Cc1ccc2c(c1)C(O)CC1(CC3CCC1C3)O2. The summed E-state index contributed by atoms with van der Waals surface area (Å²) in [4.78, 5) is 0. The minimum absolute atomic E-state index is 0.0510. The van der Waals surface area contributed by atoms with Crippen LogP contribution in [0.15, 0.2) is 18.2 Å². The zero-order chi connectivity index (χ0) is 12.3. The van der Waals surface area contributed by atoms with E-state index in [0.717, 1.165) is 30.1 Å². The van der Waals surface area contributed by atoms with E-state index in [1.807, 2.05) is 6.07 Å². The number of hydrogen-bond donors (Lipinski definition) is 1. The number of benzene rings is 1. The number of rotatable bonds is 0. The van der Waals surface area contributed by atoms with Crippen LogP contribution in [0, 0.1) is 18.8 Å². The predicted octanol–water partition coefficient (Wildman–Crippen LogP) is 3.37. The highest BCUT2D eigenvalue weighted by Gasteiger charge is 2.55. The highest BCUT2D eigenvalue weighted by Crippen LogP contribution is 2.57. The van der Waals surface area contributed by atoms with Crippen molar-refractivity contribution in [1.29, 1.82) is 0 Å². The molecule has 4 atom stereocenters. The molecule has 0 saturated heterocycles. The highest BCUT2D eigenvalue weighted by molar-refractivity contribution is 5.41. The van der Waals surface area contributed by atoms with Crippen molar-refractivity contribution in [2.75, 3.05) is 0 Å². The van der Waals surface area contributed by atoms with Gasteiger partial charge in [-0.3, -0.25) is 0 Å². The molecule has 0 aromatic heterocycles. The average molecular weight is 244 g/mol. The second kappa shape index (κ2) is 3.51. The van der Waals surface area contributed by atoms with Gasteiger partial charge in [0.1, 0.15) is 11.4 Å². The lowest BCUT2D eigenvalue weighted by Gasteiger charge is -2.43. The molecule has 1 aromatic carbocycles. The maximum Gasteiger partial charge on any atom is 0.125 e. The van der Waals surface area contributed by atoms with Crippen LogP contribution < -0.4 is 4.74 Å². The molecule has 96 valence electrons. The molecule has 2 nitrogen and oxygen atoms in total. The van der Waals surface area contributed by atoms with E-state index in [1.54, 1.807) is 0 Å². The maximum atomic E-state index is 10.5. The fourth-order valence-electron chi connectivity index (χ4n) is 4.49. The molecule has 4 unspecified atom stereocenters. The number of aryl methyl sites for hydroxylation is 1. The first-order valence-electron chi connectivity index (χ1n) is 7.14. The first kappa shape index (κ1) is 10.9. The lowest BCUT2D eigenvalue weighted by Crippen LogP contribution is -2.45. The van der Waals surface area contributed by atoms with Crippen LogP contribution in [-0.2, 0) is 0 Å². The highest BCUT2D eigenvalue weighted by atomic mass is 16.5. The number of aliphatic hydroxyl groups excluding tert-OH is 1. The van der Waals surface area contributed by atoms with Gasteiger partial charge in [-0.15, -0.1) is 0 Å². The third-order valence-corrected chi connectivity index (χ3v) is 5.30. The molecule has 4 rings (SSSR count). The Morgan fingerprint density at radius 2 is 2.17 bits per heavy atom. The van der Waals surface area contributed by atoms with E-state index in [0.29, 0.717) is 5.92 Å². The second-order valence-electron chi connectivity index (χ2n) is 6.51. The molecule has 2 saturated carbocycles. The van der Waals surface area contributed by atoms with Crippen molar-refractivity contribution in [3.8, 4) is 5.75 Å². The Balaban J connectivity index is 1.74. The van der Waals surface area contributed by atoms with Gasteiger partial charge < -0.3 is 9.84 Å². The van der Waals surface area contributed by atoms with Gasteiger partial charge in [0.2, 0.25) is 0 Å². The summed E-state index contributed by atoms with van der Waals surface area (Å²) in [7, 11) is 0. The zero-order valence-electron chi connectivity index (χ0n) is 10.9. The van der Waals surface area contributed by atoms with Gasteiger partial charge in [0.25, 0.3) is 0 Å². The Morgan fingerprint density at radius 1 is 1.28 bits per heavy atom. The van der Waals surface area contributed by atoms with Crippen molar-refractivity contribution in [1.82, 2.24) is 0 Å². The van der Waals surface area contributed by atoms with Crippen LogP contribution in [0.1, 0.15) is 49.3 Å². The third-order valence-electron chi connectivity index (χ3n) is 5.30. The molecule has 2 aliphatic carbocycles. The van der Waals surface area contributed by atoms with Crippen molar-refractivity contribution in [2.45, 2.75) is 50.7 Å². The molecule has 2 bridgehead atoms. The van der Waals surface area contributed by atoms with Crippen LogP contribution in [0.2, 0.25) is 0 Å². The van der Waals surface area contributed by atoms with Gasteiger partial charge in [-0.05, 0) is 56.6 Å². The largest absolute Gasteiger partial charge is 0.486 e. The van der Waals surface area contributed by atoms with E-state index in [2.05, 4.69) is 19.1 Å². The molecule has 1 aromatic rings. The first-order valence-corrected chi connectivity index (χ1v) is 7.14. The molecular weight excluding hydrogens is 224 g/mol. The molecular formula is C16H20O2. The first-order chi connectivity index (χ1) is 8.66. The Bertz CT molecular complexity index is 496. The van der Waals surface area contributed by atoms with E-state index >= 15 is 0 Å². The molecule has 18 heavy (non-hydrogen) atoms. The van der Waals surface area contributed by atoms with E-state index in [4.69, 9.17) is 4.74 Å². The second-order valence-corrected chi connectivity index (χ2v) is 6.51. The van der Waals surface area contributed by atoms with Gasteiger partial charge in [0.05, 0.1) is 6.10 Å². The molecule has 2 heteroatoms. The quantitative estimate of drug-likeness (QED) is 0.758. The summed E-state index contributed by atoms with van der Waals surface area (Å²) in [6.45, 7) is 2.06. The molecule has 0 radical (unpaired) electrons. The fourth-order valence-corrected chi connectivity index (χ4v) is 4.49. The summed E-state index contributed by atoms with van der Waals surface area (Å²) in [5.74, 6) is 2.44. The van der Waals surface area contributed by atoms with Crippen LogP contribution in [0.4, 0.5) is 0 Å². The van der Waals surface area contributed by atoms with Crippen molar-refractivity contribution < 1.29 is 9.84 Å². The van der Waals surface area contributed by atoms with E-state index in [1.165, 1.54) is 24.8 Å². The number of aliphatic hydroxyl groups is 1. The monoisotopic (exact) mass is 244 g/mol. The average Bonchev–Trinajstić information content (AvgIpc) is 2.91. The summed E-state index contributed by atoms with van der Waals surface area (Å²) in [6, 6.07) is 6.19. The van der Waals surface area contributed by atoms with Gasteiger partial charge in [0, 0.05) is 12.0 Å². The third kappa shape index (κ3) is 1.38. The number of ether oxygens (including phenoxy) is 1. The summed E-state index contributed by atoms with van der Waals surface area (Å²) < 4.78 is 6.38. The topological polar surface area (TPSA) is 29.5 Å². The standard InChI is InChI=1S/C16H20O2/c1-10-2-5-15-13(6-10)14(17)9-16(18-15)8-11-3-4-12(16)7-11/h2,5-6,11-12,14,17H,3-4,7-9H2,1H3. The van der Waals surface area contributed by atoms with Crippen LogP contribution >= 0.6 is 0 Å². The van der Waals surface area contributed by atoms with Gasteiger partial charge in [-0.25, -0.2) is 0 Å². The van der Waals surface area contributed by atoms with E-state index < -0.39 is 0 Å². The Hall–Kier alpha value is -1.02. The summed E-state index contributed by atoms with van der Waals surface area (Å²) in [5.41, 5.74) is 2.13. The number of fused-ring (bicyclic) bond motifs is 4. The number of hydrogen-bond acceptors (Lipinski definition) is 2. The lowest BCUT2D eigenvalue weighted by atomic mass is 9.77. The molecule has 0 amide bonds. The van der Waals surface area contributed by atoms with Crippen LogP contribution in [0.3, 0.4) is 0 Å². The van der Waals surface area contributed by atoms with Gasteiger partial charge in [-0.2, -0.15) is 0 Å². The minimum atomic E-state index is -0.340. The van der Waals surface area contributed by atoms with Gasteiger partial charge in [-0.1, -0.05) is 11.6 Å². The van der Waals surface area contributed by atoms with Crippen molar-refractivity contribution in [3.05, 3.63) is 29.3 Å². The fraction of sp³-hybridized carbons (Fsp3) is 0.625. The van der Waals surface area contributed by atoms with Crippen molar-refractivity contribution >= 4 is 0 Å². The van der Waals surface area contributed by atoms with E-state index in [-0.39, 0.29) is 11.7 Å². The normalized spacial score (nSPS) is 40.9. The molecule has 2 fully saturated rings. The molecule has 1 heterocycles. The lowest BCUT2D eigenvalue weighted by molar-refractivity contribution is -0.0509. The van der Waals surface area contributed by atoms with Crippen LogP contribution in [0.25, 0.3) is 0 Å². The molecule has 3 aliphatic rings. The van der Waals surface area contributed by atoms with Crippen LogP contribution in [-0.4, -0.2) is 10.7 Å². The summed E-state index contributed by atoms with van der Waals surface area (Å²) >= 11 is 0.